The molecule has 4 atom stereocenters. The van der Waals surface area contributed by atoms with Crippen LogP contribution in [0.4, 0.5) is 0 Å². The summed E-state index contributed by atoms with van der Waals surface area (Å²) in [5, 5.41) is 25.1. The number of aliphatic carboxylic acids is 1. The zero-order chi connectivity index (χ0) is 24.4. The van der Waals surface area contributed by atoms with E-state index < -0.39 is 23.4 Å². The van der Waals surface area contributed by atoms with Gasteiger partial charge in [-0.15, -0.1) is 11.8 Å². The highest BCUT2D eigenvalue weighted by Crippen LogP contribution is 2.50. The number of carbonyl (C=O) groups excluding carboxylic acids is 2. The van der Waals surface area contributed by atoms with Gasteiger partial charge in [-0.05, 0) is 14.0 Å². The third-order valence-electron chi connectivity index (χ3n) is 6.05. The molecule has 1 aromatic heterocycles. The van der Waals surface area contributed by atoms with E-state index in [4.69, 9.17) is 5.73 Å². The van der Waals surface area contributed by atoms with Gasteiger partial charge in [0.25, 0.3) is 0 Å². The first-order chi connectivity index (χ1) is 15.6. The molecular formula is C21H29N5O6S. The summed E-state index contributed by atoms with van der Waals surface area (Å²) in [7, 11) is 1.65. The fraction of sp³-hybridized carbons (Fsp3) is 0.524. The topological polar surface area (TPSA) is 167 Å². The minimum atomic E-state index is -1.17. The SMILES string of the molecule is CNCC(=O)NC(C)[C@H]1C(=O)N2C(C(=O)O)=C(SCCn3cc(O)c(=O)cc3CN)[C@H](C)[C@H]12. The average Bonchev–Trinajstić information content (AvgIpc) is 2.99. The molecule has 6 N–H and O–H groups in total. The summed E-state index contributed by atoms with van der Waals surface area (Å²) in [6.45, 7) is 4.26. The number of carboxylic acid groups (broad SMARTS) is 1. The number of aromatic hydroxyl groups is 1. The van der Waals surface area contributed by atoms with Crippen molar-refractivity contribution in [3.8, 4) is 5.75 Å². The molecule has 3 heterocycles. The van der Waals surface area contributed by atoms with Crippen LogP contribution in [0.5, 0.6) is 5.75 Å². The number of pyridine rings is 1. The number of fused-ring (bicyclic) bond motifs is 1. The Kier molecular flexibility index (Phi) is 7.50. The zero-order valence-corrected chi connectivity index (χ0v) is 19.5. The number of aromatic nitrogens is 1. The van der Waals surface area contributed by atoms with Crippen molar-refractivity contribution in [3.63, 3.8) is 0 Å². The van der Waals surface area contributed by atoms with Crippen LogP contribution in [0.2, 0.25) is 0 Å². The van der Waals surface area contributed by atoms with E-state index in [0.29, 0.717) is 22.9 Å². The van der Waals surface area contributed by atoms with Gasteiger partial charge in [-0.1, -0.05) is 6.92 Å². The molecule has 2 aliphatic heterocycles. The molecule has 1 saturated heterocycles. The van der Waals surface area contributed by atoms with Gasteiger partial charge in [0.2, 0.25) is 17.2 Å². The molecule has 0 aromatic carbocycles. The fourth-order valence-corrected chi connectivity index (χ4v) is 5.76. The third kappa shape index (κ3) is 4.63. The maximum atomic E-state index is 12.9. The van der Waals surface area contributed by atoms with Gasteiger partial charge in [0.1, 0.15) is 5.70 Å². The molecule has 0 bridgehead atoms. The highest BCUT2D eigenvalue weighted by molar-refractivity contribution is 8.03. The maximum absolute atomic E-state index is 12.9. The Labute approximate surface area is 195 Å². The molecule has 2 amide bonds. The number of hydrogen-bond donors (Lipinski definition) is 5. The Hall–Kier alpha value is -2.83. The van der Waals surface area contributed by atoms with Crippen LogP contribution in [0.3, 0.4) is 0 Å². The van der Waals surface area contributed by atoms with Gasteiger partial charge < -0.3 is 36.0 Å². The van der Waals surface area contributed by atoms with Gasteiger partial charge in [-0.2, -0.15) is 0 Å². The molecule has 33 heavy (non-hydrogen) atoms. The lowest BCUT2D eigenvalue weighted by molar-refractivity contribution is -0.158. The van der Waals surface area contributed by atoms with Crippen LogP contribution < -0.4 is 21.8 Å². The molecule has 12 heteroatoms. The number of carboxylic acids is 1. The van der Waals surface area contributed by atoms with Gasteiger partial charge in [0, 0.05) is 47.5 Å². The molecule has 3 rings (SSSR count). The number of thioether (sulfide) groups is 1. The molecule has 0 spiro atoms. The lowest BCUT2D eigenvalue weighted by Crippen LogP contribution is -2.66. The Bertz CT molecular complexity index is 1050. The van der Waals surface area contributed by atoms with Gasteiger partial charge in [0.05, 0.1) is 24.7 Å². The normalized spacial score (nSPS) is 22.7. The molecule has 1 aromatic rings. The smallest absolute Gasteiger partial charge is 0.353 e. The van der Waals surface area contributed by atoms with Gasteiger partial charge in [-0.25, -0.2) is 4.79 Å². The van der Waals surface area contributed by atoms with Crippen molar-refractivity contribution in [2.45, 2.75) is 39.0 Å². The van der Waals surface area contributed by atoms with E-state index in [1.807, 2.05) is 6.92 Å². The van der Waals surface area contributed by atoms with Crippen LogP contribution in [-0.2, 0) is 27.5 Å². The highest BCUT2D eigenvalue weighted by atomic mass is 32.2. The standard InChI is InChI=1S/C21H29N5O6S/c1-10-17-16(11(2)24-15(29)8-23-3)20(30)26(17)18(21(31)32)19(10)33-5-4-25-9-14(28)13(27)6-12(25)7-22/h6,9-11,16-17,23,28H,4-5,7-8,22H2,1-3H3,(H,24,29)(H,31,32)/t10-,11?,16-,17-/m1/s1. The van der Waals surface area contributed by atoms with Gasteiger partial charge in [-0.3, -0.25) is 14.4 Å². The zero-order valence-electron chi connectivity index (χ0n) is 18.7. The second-order valence-corrected chi connectivity index (χ2v) is 9.31. The van der Waals surface area contributed by atoms with Crippen molar-refractivity contribution in [1.82, 2.24) is 20.1 Å². The molecular weight excluding hydrogens is 450 g/mol. The Morgan fingerprint density at radius 1 is 1.33 bits per heavy atom. The van der Waals surface area contributed by atoms with E-state index in [1.54, 1.807) is 18.5 Å². The van der Waals surface area contributed by atoms with E-state index in [9.17, 15) is 29.4 Å². The number of nitrogens with two attached hydrogens (primary N) is 1. The molecule has 1 fully saturated rings. The number of amides is 2. The first-order valence-corrected chi connectivity index (χ1v) is 11.6. The molecule has 2 aliphatic rings. The van der Waals surface area contributed by atoms with Gasteiger partial charge in [0.15, 0.2) is 5.75 Å². The molecule has 11 nitrogen and oxygen atoms in total. The summed E-state index contributed by atoms with van der Waals surface area (Å²) < 4.78 is 1.66. The number of nitrogens with zero attached hydrogens (tertiary/aromatic N) is 2. The van der Waals surface area contributed by atoms with Gasteiger partial charge >= 0.3 is 5.97 Å². The minimum absolute atomic E-state index is 0.0192. The van der Waals surface area contributed by atoms with E-state index in [2.05, 4.69) is 10.6 Å². The highest BCUT2D eigenvalue weighted by Gasteiger charge is 2.60. The van der Waals surface area contributed by atoms with E-state index in [1.165, 1.54) is 28.9 Å². The Balaban J connectivity index is 1.75. The quantitative estimate of drug-likeness (QED) is 0.271. The number of carbonyl (C=O) groups is 3. The molecule has 0 radical (unpaired) electrons. The maximum Gasteiger partial charge on any atom is 0.353 e. The Morgan fingerprint density at radius 2 is 2.03 bits per heavy atom. The lowest BCUT2D eigenvalue weighted by Gasteiger charge is -2.47. The number of likely N-dealkylation sites (N-methyl/N-ethyl adjacent to an activating group) is 1. The summed E-state index contributed by atoms with van der Waals surface area (Å²) in [5.41, 5.74) is 5.71. The number of nitrogens with one attached hydrogen (secondary N) is 2. The van der Waals surface area contributed by atoms with Crippen molar-refractivity contribution < 1.29 is 24.6 Å². The van der Waals surface area contributed by atoms with Crippen molar-refractivity contribution in [1.29, 1.82) is 0 Å². The second kappa shape index (κ2) is 9.98. The predicted molar refractivity (Wildman–Crippen MR) is 122 cm³/mol. The lowest BCUT2D eigenvalue weighted by atomic mass is 9.78. The fourth-order valence-electron chi connectivity index (χ4n) is 4.53. The first-order valence-electron chi connectivity index (χ1n) is 10.6. The van der Waals surface area contributed by atoms with Crippen molar-refractivity contribution in [2.75, 3.05) is 19.3 Å². The third-order valence-corrected chi connectivity index (χ3v) is 7.31. The monoisotopic (exact) mass is 479 g/mol. The molecule has 0 aliphatic carbocycles. The molecule has 180 valence electrons. The van der Waals surface area contributed by atoms with Crippen molar-refractivity contribution >= 4 is 29.5 Å². The van der Waals surface area contributed by atoms with Crippen molar-refractivity contribution in [3.05, 3.63) is 38.8 Å². The van der Waals surface area contributed by atoms with Crippen molar-refractivity contribution in [2.24, 2.45) is 17.6 Å². The second-order valence-electron chi connectivity index (χ2n) is 8.18. The molecule has 1 unspecified atom stereocenters. The summed E-state index contributed by atoms with van der Waals surface area (Å²) in [5.74, 6) is -2.38. The largest absolute Gasteiger partial charge is 0.503 e. The van der Waals surface area contributed by atoms with Crippen LogP contribution in [-0.4, -0.2) is 68.9 Å². The Morgan fingerprint density at radius 3 is 2.64 bits per heavy atom. The van der Waals surface area contributed by atoms with Crippen LogP contribution in [0.1, 0.15) is 19.5 Å². The van der Waals surface area contributed by atoms with Crippen LogP contribution in [0.25, 0.3) is 0 Å². The number of aryl methyl sites for hydroxylation is 1. The van der Waals surface area contributed by atoms with E-state index in [-0.39, 0.29) is 48.3 Å². The first kappa shape index (κ1) is 24.8. The van der Waals surface area contributed by atoms with Crippen LogP contribution in [0.15, 0.2) is 27.7 Å². The summed E-state index contributed by atoms with van der Waals surface area (Å²) in [4.78, 5) is 50.4. The molecule has 0 saturated carbocycles. The predicted octanol–water partition coefficient (Wildman–Crippen LogP) is -0.757. The van der Waals surface area contributed by atoms with Crippen LogP contribution >= 0.6 is 11.8 Å². The van der Waals surface area contributed by atoms with E-state index >= 15 is 0 Å². The summed E-state index contributed by atoms with van der Waals surface area (Å²) >= 11 is 1.32. The average molecular weight is 480 g/mol. The number of β-lactam (4-membered cyclic amide) rings is 1. The summed E-state index contributed by atoms with van der Waals surface area (Å²) in [6, 6.07) is 0.503. The van der Waals surface area contributed by atoms with Crippen LogP contribution in [0, 0.1) is 11.8 Å². The number of hydrogen-bond acceptors (Lipinski definition) is 8. The minimum Gasteiger partial charge on any atom is -0.503 e. The summed E-state index contributed by atoms with van der Waals surface area (Å²) in [6.07, 6.45) is 1.32. The number of rotatable bonds is 10. The van der Waals surface area contributed by atoms with E-state index in [0.717, 1.165) is 0 Å².